The van der Waals surface area contributed by atoms with Gasteiger partial charge in [0.2, 0.25) is 0 Å². The first-order valence-corrected chi connectivity index (χ1v) is 5.42. The fraction of sp³-hybridized carbons (Fsp3) is 0.556. The lowest BCUT2D eigenvalue weighted by molar-refractivity contribution is 0.108. The number of hydrogen-bond acceptors (Lipinski definition) is 3. The Hall–Kier alpha value is -0.380. The van der Waals surface area contributed by atoms with Gasteiger partial charge in [-0.05, 0) is 18.9 Å². The van der Waals surface area contributed by atoms with Crippen LogP contribution in [0.15, 0.2) is 6.07 Å². The van der Waals surface area contributed by atoms with E-state index in [0.717, 1.165) is 25.1 Å². The Morgan fingerprint density at radius 1 is 1.50 bits per heavy atom. The van der Waals surface area contributed by atoms with Crippen molar-refractivity contribution in [3.05, 3.63) is 22.7 Å². The van der Waals surface area contributed by atoms with Crippen molar-refractivity contribution in [2.45, 2.75) is 24.8 Å². The number of ether oxygens (including phenoxy) is 1. The van der Waals surface area contributed by atoms with E-state index in [-0.39, 0.29) is 12.0 Å². The second-order valence-electron chi connectivity index (χ2n) is 3.17. The van der Waals surface area contributed by atoms with Gasteiger partial charge in [-0.3, -0.25) is 0 Å². The molecule has 0 spiro atoms. The molecule has 76 valence electrons. The summed E-state index contributed by atoms with van der Waals surface area (Å²) >= 11 is 11.5. The fourth-order valence-corrected chi connectivity index (χ4v) is 1.85. The lowest BCUT2D eigenvalue weighted by atomic mass is 10.2. The van der Waals surface area contributed by atoms with Gasteiger partial charge in [-0.2, -0.15) is 0 Å². The Morgan fingerprint density at radius 3 is 3.00 bits per heavy atom. The molecule has 1 atom stereocenters. The summed E-state index contributed by atoms with van der Waals surface area (Å²) in [4.78, 5) is 8.27. The van der Waals surface area contributed by atoms with Crippen LogP contribution in [0.2, 0.25) is 5.15 Å². The third kappa shape index (κ3) is 2.16. The van der Waals surface area contributed by atoms with Gasteiger partial charge in [0.1, 0.15) is 11.0 Å². The Balaban J connectivity index is 2.27. The fourth-order valence-electron chi connectivity index (χ4n) is 1.52. The molecule has 0 aliphatic carbocycles. The maximum Gasteiger partial charge on any atom is 0.145 e. The van der Waals surface area contributed by atoms with Gasteiger partial charge in [-0.25, -0.2) is 9.97 Å². The second-order valence-corrected chi connectivity index (χ2v) is 3.82. The number of alkyl halides is 1. The van der Waals surface area contributed by atoms with E-state index >= 15 is 0 Å². The van der Waals surface area contributed by atoms with Crippen LogP contribution in [-0.4, -0.2) is 16.6 Å². The average Bonchev–Trinajstić information content (AvgIpc) is 2.69. The van der Waals surface area contributed by atoms with Crippen LogP contribution < -0.4 is 0 Å². The molecule has 1 aliphatic rings. The molecular weight excluding hydrogens is 223 g/mol. The van der Waals surface area contributed by atoms with Crippen LogP contribution in [0.25, 0.3) is 0 Å². The van der Waals surface area contributed by atoms with Crippen LogP contribution in [0.1, 0.15) is 30.5 Å². The highest BCUT2D eigenvalue weighted by molar-refractivity contribution is 6.29. The Labute approximate surface area is 92.4 Å². The average molecular weight is 233 g/mol. The Morgan fingerprint density at radius 2 is 2.36 bits per heavy atom. The van der Waals surface area contributed by atoms with Crippen molar-refractivity contribution in [3.8, 4) is 0 Å². The van der Waals surface area contributed by atoms with E-state index in [1.807, 2.05) is 0 Å². The standard InChI is InChI=1S/C9H10Cl2N2O/c10-5-9-12-6(4-8(11)13-9)7-2-1-3-14-7/h4,7H,1-3,5H2/t7-/m0/s1. The maximum absolute atomic E-state index is 5.84. The van der Waals surface area contributed by atoms with Gasteiger partial charge in [0.15, 0.2) is 0 Å². The van der Waals surface area contributed by atoms with Crippen LogP contribution in [0.3, 0.4) is 0 Å². The molecule has 0 aromatic carbocycles. The van der Waals surface area contributed by atoms with E-state index in [0.29, 0.717) is 11.0 Å². The zero-order valence-corrected chi connectivity index (χ0v) is 9.05. The first-order valence-electron chi connectivity index (χ1n) is 4.50. The van der Waals surface area contributed by atoms with Crippen molar-refractivity contribution in [3.63, 3.8) is 0 Å². The van der Waals surface area contributed by atoms with E-state index in [1.165, 1.54) is 0 Å². The molecule has 1 aromatic rings. The van der Waals surface area contributed by atoms with Crippen LogP contribution in [0.4, 0.5) is 0 Å². The van der Waals surface area contributed by atoms with E-state index in [4.69, 9.17) is 27.9 Å². The second kappa shape index (κ2) is 4.43. The third-order valence-corrected chi connectivity index (χ3v) is 2.57. The molecule has 2 rings (SSSR count). The lowest BCUT2D eigenvalue weighted by Gasteiger charge is -2.09. The molecule has 5 heteroatoms. The molecule has 14 heavy (non-hydrogen) atoms. The van der Waals surface area contributed by atoms with Crippen molar-refractivity contribution in [2.75, 3.05) is 6.61 Å². The first kappa shape index (κ1) is 10.1. The van der Waals surface area contributed by atoms with E-state index in [2.05, 4.69) is 9.97 Å². The van der Waals surface area contributed by atoms with Crippen molar-refractivity contribution >= 4 is 23.2 Å². The summed E-state index contributed by atoms with van der Waals surface area (Å²) in [6.07, 6.45) is 2.13. The monoisotopic (exact) mass is 232 g/mol. The van der Waals surface area contributed by atoms with Gasteiger partial charge in [-0.15, -0.1) is 11.6 Å². The molecule has 0 saturated carbocycles. The van der Waals surface area contributed by atoms with Gasteiger partial charge in [0.25, 0.3) is 0 Å². The SMILES string of the molecule is ClCc1nc(Cl)cc([C@@H]2CCCO2)n1. The highest BCUT2D eigenvalue weighted by Crippen LogP contribution is 2.28. The summed E-state index contributed by atoms with van der Waals surface area (Å²) in [6.45, 7) is 0.794. The van der Waals surface area contributed by atoms with Crippen LogP contribution in [0, 0.1) is 0 Å². The van der Waals surface area contributed by atoms with Crippen molar-refractivity contribution in [2.24, 2.45) is 0 Å². The minimum atomic E-state index is 0.0671. The molecule has 2 heterocycles. The van der Waals surface area contributed by atoms with Gasteiger partial charge in [-0.1, -0.05) is 11.6 Å². The predicted octanol–water partition coefficient (Wildman–Crippen LogP) is 2.72. The molecular formula is C9H10Cl2N2O. The van der Waals surface area contributed by atoms with Gasteiger partial charge >= 0.3 is 0 Å². The largest absolute Gasteiger partial charge is 0.372 e. The highest BCUT2D eigenvalue weighted by atomic mass is 35.5. The van der Waals surface area contributed by atoms with Crippen molar-refractivity contribution < 1.29 is 4.74 Å². The molecule has 3 nitrogen and oxygen atoms in total. The topological polar surface area (TPSA) is 35.0 Å². The maximum atomic E-state index is 5.84. The van der Waals surface area contributed by atoms with Crippen LogP contribution in [-0.2, 0) is 10.6 Å². The highest BCUT2D eigenvalue weighted by Gasteiger charge is 2.20. The smallest absolute Gasteiger partial charge is 0.145 e. The van der Waals surface area contributed by atoms with E-state index in [9.17, 15) is 0 Å². The number of halogens is 2. The molecule has 1 aliphatic heterocycles. The number of aromatic nitrogens is 2. The van der Waals surface area contributed by atoms with Crippen molar-refractivity contribution in [1.82, 2.24) is 9.97 Å². The number of nitrogens with zero attached hydrogens (tertiary/aromatic N) is 2. The van der Waals surface area contributed by atoms with Crippen LogP contribution in [0.5, 0.6) is 0 Å². The molecule has 0 unspecified atom stereocenters. The zero-order valence-electron chi connectivity index (χ0n) is 7.54. The molecule has 1 saturated heterocycles. The molecule has 0 radical (unpaired) electrons. The minimum Gasteiger partial charge on any atom is -0.372 e. The first-order chi connectivity index (χ1) is 6.79. The van der Waals surface area contributed by atoms with Crippen LogP contribution >= 0.6 is 23.2 Å². The van der Waals surface area contributed by atoms with Gasteiger partial charge in [0.05, 0.1) is 17.7 Å². The molecule has 0 amide bonds. The quantitative estimate of drug-likeness (QED) is 0.581. The van der Waals surface area contributed by atoms with E-state index < -0.39 is 0 Å². The normalized spacial score (nSPS) is 21.4. The summed E-state index contributed by atoms with van der Waals surface area (Å²) in [5.41, 5.74) is 0.846. The molecule has 1 fully saturated rings. The van der Waals surface area contributed by atoms with E-state index in [1.54, 1.807) is 6.07 Å². The third-order valence-electron chi connectivity index (χ3n) is 2.14. The summed E-state index contributed by atoms with van der Waals surface area (Å²) in [7, 11) is 0. The predicted molar refractivity (Wildman–Crippen MR) is 54.5 cm³/mol. The number of hydrogen-bond donors (Lipinski definition) is 0. The lowest BCUT2D eigenvalue weighted by Crippen LogP contribution is -2.03. The van der Waals surface area contributed by atoms with Crippen molar-refractivity contribution in [1.29, 1.82) is 0 Å². The Kier molecular flexibility index (Phi) is 3.21. The molecule has 0 N–H and O–H groups in total. The zero-order chi connectivity index (χ0) is 9.97. The molecule has 0 bridgehead atoms. The van der Waals surface area contributed by atoms with Gasteiger partial charge in [0, 0.05) is 6.61 Å². The summed E-state index contributed by atoms with van der Waals surface area (Å²) < 4.78 is 5.50. The molecule has 1 aromatic heterocycles. The number of rotatable bonds is 2. The summed E-state index contributed by atoms with van der Waals surface area (Å²) in [6, 6.07) is 1.74. The summed E-state index contributed by atoms with van der Waals surface area (Å²) in [5, 5.41) is 0.432. The summed E-state index contributed by atoms with van der Waals surface area (Å²) in [5.74, 6) is 0.838. The van der Waals surface area contributed by atoms with Gasteiger partial charge < -0.3 is 4.74 Å². The minimum absolute atomic E-state index is 0.0671. The Bertz CT molecular complexity index is 327.